The molecule has 3 aromatic rings. The third kappa shape index (κ3) is 4.10. The van der Waals surface area contributed by atoms with E-state index in [1.54, 1.807) is 29.6 Å². The molecule has 126 valence electrons. The second-order valence-corrected chi connectivity index (χ2v) is 5.99. The van der Waals surface area contributed by atoms with Crippen LogP contribution in [0.5, 0.6) is 5.75 Å². The molecular formula is C19H15NO4S. The summed E-state index contributed by atoms with van der Waals surface area (Å²) in [5.74, 6) is -0.343. The van der Waals surface area contributed by atoms with Gasteiger partial charge in [0.25, 0.3) is 0 Å². The average Bonchev–Trinajstić information content (AvgIpc) is 3.17. The van der Waals surface area contributed by atoms with Gasteiger partial charge in [-0.15, -0.1) is 11.3 Å². The number of ether oxygens (including phenoxy) is 2. The molecular weight excluding hydrogens is 338 g/mol. The molecule has 0 atom stereocenters. The van der Waals surface area contributed by atoms with Crippen LogP contribution in [0.3, 0.4) is 0 Å². The van der Waals surface area contributed by atoms with E-state index in [-0.39, 0.29) is 18.1 Å². The number of thiazole rings is 1. The van der Waals surface area contributed by atoms with Gasteiger partial charge in [0.05, 0.1) is 7.11 Å². The highest BCUT2D eigenvalue weighted by Crippen LogP contribution is 2.23. The maximum atomic E-state index is 12.1. The van der Waals surface area contributed by atoms with Gasteiger partial charge in [-0.25, -0.2) is 9.78 Å². The third-order valence-electron chi connectivity index (χ3n) is 3.46. The van der Waals surface area contributed by atoms with Crippen molar-refractivity contribution in [2.24, 2.45) is 0 Å². The standard InChI is InChI=1S/C19H15NO4S/c1-23-15-9-5-8-14(10-15)17(21)11-24-19(22)16-12-25-18(20-16)13-6-3-2-4-7-13/h2-10,12H,11H2,1H3. The summed E-state index contributed by atoms with van der Waals surface area (Å²) in [5.41, 5.74) is 1.55. The van der Waals surface area contributed by atoms with Gasteiger partial charge in [0.15, 0.2) is 18.1 Å². The zero-order valence-electron chi connectivity index (χ0n) is 13.5. The molecule has 25 heavy (non-hydrogen) atoms. The number of methoxy groups -OCH3 is 1. The molecule has 5 nitrogen and oxygen atoms in total. The molecule has 0 N–H and O–H groups in total. The Balaban J connectivity index is 1.63. The number of aromatic nitrogens is 1. The van der Waals surface area contributed by atoms with Crippen LogP contribution in [-0.2, 0) is 4.74 Å². The molecule has 0 unspecified atom stereocenters. The molecule has 0 radical (unpaired) electrons. The van der Waals surface area contributed by atoms with E-state index in [2.05, 4.69) is 4.98 Å². The number of carbonyl (C=O) groups excluding carboxylic acids is 2. The summed E-state index contributed by atoms with van der Waals surface area (Å²) >= 11 is 1.35. The smallest absolute Gasteiger partial charge is 0.358 e. The minimum atomic E-state index is -0.616. The molecule has 0 amide bonds. The molecule has 1 aromatic heterocycles. The molecule has 0 fully saturated rings. The number of hydrogen-bond acceptors (Lipinski definition) is 6. The van der Waals surface area contributed by atoms with Crippen molar-refractivity contribution >= 4 is 23.1 Å². The number of esters is 1. The average molecular weight is 353 g/mol. The van der Waals surface area contributed by atoms with Crippen molar-refractivity contribution in [1.29, 1.82) is 0 Å². The summed E-state index contributed by atoms with van der Waals surface area (Å²) in [4.78, 5) is 28.5. The number of nitrogens with zero attached hydrogens (tertiary/aromatic N) is 1. The molecule has 2 aromatic carbocycles. The zero-order valence-corrected chi connectivity index (χ0v) is 14.3. The fraction of sp³-hybridized carbons (Fsp3) is 0.105. The SMILES string of the molecule is COc1cccc(C(=O)COC(=O)c2csc(-c3ccccc3)n2)c1. The molecule has 0 aliphatic carbocycles. The van der Waals surface area contributed by atoms with Gasteiger partial charge < -0.3 is 9.47 Å². The van der Waals surface area contributed by atoms with Crippen LogP contribution in [0.15, 0.2) is 60.0 Å². The number of ketones is 1. The van der Waals surface area contributed by atoms with Crippen LogP contribution in [0.1, 0.15) is 20.8 Å². The summed E-state index contributed by atoms with van der Waals surface area (Å²) in [5, 5.41) is 2.35. The molecule has 1 heterocycles. The summed E-state index contributed by atoms with van der Waals surface area (Å²) in [6.45, 7) is -0.343. The minimum Gasteiger partial charge on any atom is -0.497 e. The summed E-state index contributed by atoms with van der Waals surface area (Å²) in [7, 11) is 1.52. The monoisotopic (exact) mass is 353 g/mol. The minimum absolute atomic E-state index is 0.197. The van der Waals surface area contributed by atoms with Crippen LogP contribution in [-0.4, -0.2) is 30.5 Å². The molecule has 0 aliphatic heterocycles. The Bertz CT molecular complexity index is 889. The summed E-state index contributed by atoms with van der Waals surface area (Å²) in [6, 6.07) is 16.3. The molecule has 0 saturated carbocycles. The lowest BCUT2D eigenvalue weighted by molar-refractivity contribution is 0.0470. The van der Waals surface area contributed by atoms with Crippen molar-refractivity contribution < 1.29 is 19.1 Å². The fourth-order valence-corrected chi connectivity index (χ4v) is 2.96. The molecule has 0 saturated heterocycles. The van der Waals surface area contributed by atoms with E-state index in [4.69, 9.17) is 9.47 Å². The Morgan fingerprint density at radius 3 is 2.64 bits per heavy atom. The molecule has 0 spiro atoms. The number of Topliss-reactive ketones (excluding diaryl/α,β-unsaturated/α-hetero) is 1. The number of carbonyl (C=O) groups is 2. The first-order valence-electron chi connectivity index (χ1n) is 7.52. The van der Waals surface area contributed by atoms with Crippen molar-refractivity contribution in [3.63, 3.8) is 0 Å². The molecule has 0 bridgehead atoms. The number of hydrogen-bond donors (Lipinski definition) is 0. The predicted octanol–water partition coefficient (Wildman–Crippen LogP) is 3.86. The quantitative estimate of drug-likeness (QED) is 0.497. The van der Waals surface area contributed by atoms with Crippen LogP contribution < -0.4 is 4.74 Å². The highest BCUT2D eigenvalue weighted by atomic mass is 32.1. The van der Waals surface area contributed by atoms with Crippen LogP contribution >= 0.6 is 11.3 Å². The van der Waals surface area contributed by atoms with Crippen LogP contribution in [0, 0.1) is 0 Å². The zero-order chi connectivity index (χ0) is 17.6. The van der Waals surface area contributed by atoms with Crippen molar-refractivity contribution in [3.05, 3.63) is 71.2 Å². The van der Waals surface area contributed by atoms with Gasteiger partial charge in [-0.2, -0.15) is 0 Å². The van der Waals surface area contributed by atoms with E-state index in [0.717, 1.165) is 10.6 Å². The first kappa shape index (κ1) is 16.9. The Hall–Kier alpha value is -2.99. The maximum absolute atomic E-state index is 12.1. The summed E-state index contributed by atoms with van der Waals surface area (Å²) in [6.07, 6.45) is 0. The first-order valence-corrected chi connectivity index (χ1v) is 8.40. The maximum Gasteiger partial charge on any atom is 0.358 e. The van der Waals surface area contributed by atoms with Gasteiger partial charge in [0.2, 0.25) is 0 Å². The third-order valence-corrected chi connectivity index (χ3v) is 4.35. The van der Waals surface area contributed by atoms with Crippen molar-refractivity contribution in [2.45, 2.75) is 0 Å². The van der Waals surface area contributed by atoms with Gasteiger partial charge in [0.1, 0.15) is 10.8 Å². The van der Waals surface area contributed by atoms with Crippen molar-refractivity contribution in [3.8, 4) is 16.3 Å². The second-order valence-electron chi connectivity index (χ2n) is 5.14. The normalized spacial score (nSPS) is 10.3. The lowest BCUT2D eigenvalue weighted by atomic mass is 10.1. The summed E-state index contributed by atoms with van der Waals surface area (Å²) < 4.78 is 10.2. The lowest BCUT2D eigenvalue weighted by Crippen LogP contribution is -2.14. The Kier molecular flexibility index (Phi) is 5.20. The van der Waals surface area contributed by atoms with Gasteiger partial charge in [-0.3, -0.25) is 4.79 Å². The van der Waals surface area contributed by atoms with Crippen molar-refractivity contribution in [1.82, 2.24) is 4.98 Å². The van der Waals surface area contributed by atoms with E-state index in [1.807, 2.05) is 30.3 Å². The van der Waals surface area contributed by atoms with E-state index < -0.39 is 5.97 Å². The first-order chi connectivity index (χ1) is 12.2. The second kappa shape index (κ2) is 7.72. The number of benzene rings is 2. The van der Waals surface area contributed by atoms with E-state index in [0.29, 0.717) is 11.3 Å². The molecule has 3 rings (SSSR count). The Morgan fingerprint density at radius 1 is 1.08 bits per heavy atom. The van der Waals surface area contributed by atoms with Gasteiger partial charge in [-0.05, 0) is 12.1 Å². The molecule has 6 heteroatoms. The Morgan fingerprint density at radius 2 is 1.88 bits per heavy atom. The van der Waals surface area contributed by atoms with E-state index >= 15 is 0 Å². The Labute approximate surface area is 148 Å². The lowest BCUT2D eigenvalue weighted by Gasteiger charge is -2.04. The highest BCUT2D eigenvalue weighted by Gasteiger charge is 2.16. The van der Waals surface area contributed by atoms with Crippen LogP contribution in [0.25, 0.3) is 10.6 Å². The topological polar surface area (TPSA) is 65.5 Å². The fourth-order valence-electron chi connectivity index (χ4n) is 2.17. The van der Waals surface area contributed by atoms with Crippen LogP contribution in [0.4, 0.5) is 0 Å². The van der Waals surface area contributed by atoms with Crippen LogP contribution in [0.2, 0.25) is 0 Å². The number of rotatable bonds is 6. The largest absolute Gasteiger partial charge is 0.497 e. The van der Waals surface area contributed by atoms with Gasteiger partial charge in [0, 0.05) is 16.5 Å². The predicted molar refractivity (Wildman–Crippen MR) is 95.2 cm³/mol. The van der Waals surface area contributed by atoms with E-state index in [1.165, 1.54) is 18.4 Å². The van der Waals surface area contributed by atoms with Gasteiger partial charge >= 0.3 is 5.97 Å². The van der Waals surface area contributed by atoms with Gasteiger partial charge in [-0.1, -0.05) is 42.5 Å². The van der Waals surface area contributed by atoms with E-state index in [9.17, 15) is 9.59 Å². The highest BCUT2D eigenvalue weighted by molar-refractivity contribution is 7.13. The van der Waals surface area contributed by atoms with Crippen molar-refractivity contribution in [2.75, 3.05) is 13.7 Å². The molecule has 0 aliphatic rings.